The van der Waals surface area contributed by atoms with Crippen LogP contribution in [0.1, 0.15) is 41.2 Å². The van der Waals surface area contributed by atoms with Gasteiger partial charge in [0, 0.05) is 12.1 Å². The molecule has 1 aromatic heterocycles. The first-order chi connectivity index (χ1) is 11.2. The lowest BCUT2D eigenvalue weighted by molar-refractivity contribution is -0.137. The van der Waals surface area contributed by atoms with Gasteiger partial charge in [-0.05, 0) is 44.5 Å². The third-order valence-corrected chi connectivity index (χ3v) is 3.60. The molecule has 0 saturated heterocycles. The molecule has 0 bridgehead atoms. The van der Waals surface area contributed by atoms with Crippen LogP contribution in [0.4, 0.5) is 18.0 Å². The van der Waals surface area contributed by atoms with Gasteiger partial charge in [0.05, 0.1) is 11.6 Å². The topological polar surface area (TPSA) is 54.3 Å². The van der Waals surface area contributed by atoms with Crippen molar-refractivity contribution < 1.29 is 22.4 Å². The average Bonchev–Trinajstić information content (AvgIpc) is 2.83. The highest BCUT2D eigenvalue weighted by Gasteiger charge is 2.30. The molecule has 1 heterocycles. The molecule has 2 aromatic rings. The molecule has 1 atom stereocenters. The average molecular weight is 340 g/mol. The minimum Gasteiger partial charge on any atom is -0.466 e. The van der Waals surface area contributed by atoms with Crippen LogP contribution in [0.15, 0.2) is 34.7 Å². The van der Waals surface area contributed by atoms with Crippen LogP contribution in [0.5, 0.6) is 0 Å². The number of hydrogen-bond acceptors (Lipinski definition) is 2. The summed E-state index contributed by atoms with van der Waals surface area (Å²) in [5, 5.41) is 5.29. The molecule has 0 spiro atoms. The van der Waals surface area contributed by atoms with Crippen LogP contribution >= 0.6 is 0 Å². The Hall–Kier alpha value is -2.44. The molecule has 130 valence electrons. The third-order valence-electron chi connectivity index (χ3n) is 3.60. The fourth-order valence-electron chi connectivity index (χ4n) is 2.45. The largest absolute Gasteiger partial charge is 0.466 e. The molecule has 1 aromatic carbocycles. The summed E-state index contributed by atoms with van der Waals surface area (Å²) in [5.41, 5.74) is 0.504. The number of urea groups is 1. The van der Waals surface area contributed by atoms with Crippen molar-refractivity contribution in [3.8, 4) is 0 Å². The van der Waals surface area contributed by atoms with Gasteiger partial charge in [0.15, 0.2) is 0 Å². The van der Waals surface area contributed by atoms with Crippen LogP contribution in [0.2, 0.25) is 0 Å². The maximum Gasteiger partial charge on any atom is 0.416 e. The minimum absolute atomic E-state index is 0.00582. The second-order valence-electron chi connectivity index (χ2n) is 5.62. The Morgan fingerprint density at radius 3 is 2.54 bits per heavy atom. The first-order valence-corrected chi connectivity index (χ1v) is 7.44. The second kappa shape index (κ2) is 6.98. The van der Waals surface area contributed by atoms with Crippen molar-refractivity contribution in [2.75, 3.05) is 0 Å². The van der Waals surface area contributed by atoms with Gasteiger partial charge < -0.3 is 15.1 Å². The number of carbonyl (C=O) groups is 1. The lowest BCUT2D eigenvalue weighted by Crippen LogP contribution is -2.36. The highest BCUT2D eigenvalue weighted by Crippen LogP contribution is 2.29. The zero-order valence-electron chi connectivity index (χ0n) is 13.6. The Balaban J connectivity index is 1.93. The maximum absolute atomic E-state index is 12.7. The molecule has 2 amide bonds. The predicted molar refractivity (Wildman–Crippen MR) is 83.4 cm³/mol. The quantitative estimate of drug-likeness (QED) is 0.862. The molecule has 0 aliphatic heterocycles. The summed E-state index contributed by atoms with van der Waals surface area (Å²) in [5.74, 6) is 1.47. The number of benzene rings is 1. The highest BCUT2D eigenvalue weighted by molar-refractivity contribution is 5.74. The molecule has 0 radical (unpaired) electrons. The van der Waals surface area contributed by atoms with E-state index in [1.165, 1.54) is 12.1 Å². The summed E-state index contributed by atoms with van der Waals surface area (Å²) in [6.07, 6.45) is -4.40. The van der Waals surface area contributed by atoms with Crippen molar-refractivity contribution in [2.24, 2.45) is 0 Å². The van der Waals surface area contributed by atoms with Crippen LogP contribution in [0, 0.1) is 13.8 Å². The van der Waals surface area contributed by atoms with E-state index in [2.05, 4.69) is 10.6 Å². The van der Waals surface area contributed by atoms with Gasteiger partial charge in [0.1, 0.15) is 11.5 Å². The zero-order valence-corrected chi connectivity index (χ0v) is 13.6. The van der Waals surface area contributed by atoms with E-state index < -0.39 is 17.8 Å². The van der Waals surface area contributed by atoms with Gasteiger partial charge in [-0.15, -0.1) is 0 Å². The van der Waals surface area contributed by atoms with Crippen LogP contribution in [-0.4, -0.2) is 6.03 Å². The number of halogens is 3. The van der Waals surface area contributed by atoms with E-state index in [9.17, 15) is 18.0 Å². The minimum atomic E-state index is -4.40. The SMILES string of the molecule is Cc1cc(C(C)NC(=O)NCc2cccc(C(F)(F)F)c2)c(C)o1. The van der Waals surface area contributed by atoms with Crippen molar-refractivity contribution in [1.82, 2.24) is 10.6 Å². The Morgan fingerprint density at radius 2 is 1.96 bits per heavy atom. The summed E-state index contributed by atoms with van der Waals surface area (Å²) in [7, 11) is 0. The molecule has 4 nitrogen and oxygen atoms in total. The van der Waals surface area contributed by atoms with E-state index in [1.807, 2.05) is 13.0 Å². The lowest BCUT2D eigenvalue weighted by Gasteiger charge is -2.14. The molecular weight excluding hydrogens is 321 g/mol. The van der Waals surface area contributed by atoms with Gasteiger partial charge in [-0.1, -0.05) is 12.1 Å². The van der Waals surface area contributed by atoms with Crippen LogP contribution in [-0.2, 0) is 12.7 Å². The Morgan fingerprint density at radius 1 is 1.25 bits per heavy atom. The van der Waals surface area contributed by atoms with E-state index >= 15 is 0 Å². The van der Waals surface area contributed by atoms with E-state index in [4.69, 9.17) is 4.42 Å². The van der Waals surface area contributed by atoms with Gasteiger partial charge in [0.2, 0.25) is 0 Å². The molecule has 24 heavy (non-hydrogen) atoms. The fourth-order valence-corrected chi connectivity index (χ4v) is 2.45. The molecule has 1 unspecified atom stereocenters. The van der Waals surface area contributed by atoms with E-state index in [0.29, 0.717) is 5.56 Å². The van der Waals surface area contributed by atoms with Crippen molar-refractivity contribution in [2.45, 2.75) is 39.5 Å². The first kappa shape index (κ1) is 17.9. The summed E-state index contributed by atoms with van der Waals surface area (Å²) in [6.45, 7) is 5.44. The van der Waals surface area contributed by atoms with E-state index in [-0.39, 0.29) is 12.6 Å². The van der Waals surface area contributed by atoms with Crippen molar-refractivity contribution in [1.29, 1.82) is 0 Å². The Bertz CT molecular complexity index is 723. The van der Waals surface area contributed by atoms with Crippen molar-refractivity contribution in [3.05, 3.63) is 58.5 Å². The molecule has 7 heteroatoms. The van der Waals surface area contributed by atoms with E-state index in [1.54, 1.807) is 13.8 Å². The molecule has 2 N–H and O–H groups in total. The van der Waals surface area contributed by atoms with Crippen LogP contribution in [0.3, 0.4) is 0 Å². The van der Waals surface area contributed by atoms with Gasteiger partial charge in [0.25, 0.3) is 0 Å². The number of nitrogens with one attached hydrogen (secondary N) is 2. The summed E-state index contributed by atoms with van der Waals surface area (Å²) < 4.78 is 43.4. The molecular formula is C17H19F3N2O2. The summed E-state index contributed by atoms with van der Waals surface area (Å²) in [4.78, 5) is 11.9. The molecule has 2 rings (SSSR count). The zero-order chi connectivity index (χ0) is 17.9. The van der Waals surface area contributed by atoms with Crippen LogP contribution < -0.4 is 10.6 Å². The van der Waals surface area contributed by atoms with Gasteiger partial charge in [-0.25, -0.2) is 4.79 Å². The number of aryl methyl sites for hydroxylation is 2. The molecule has 0 aliphatic rings. The van der Waals surface area contributed by atoms with Gasteiger partial charge >= 0.3 is 12.2 Å². The lowest BCUT2D eigenvalue weighted by atomic mass is 10.1. The maximum atomic E-state index is 12.7. The fraction of sp³-hybridized carbons (Fsp3) is 0.353. The summed E-state index contributed by atoms with van der Waals surface area (Å²) in [6, 6.07) is 5.97. The number of rotatable bonds is 4. The standard InChI is InChI=1S/C17H19F3N2O2/c1-10-7-15(12(3)24-10)11(2)22-16(23)21-9-13-5-4-6-14(8-13)17(18,19)20/h4-8,11H,9H2,1-3H3,(H2,21,22,23). The first-order valence-electron chi connectivity index (χ1n) is 7.44. The predicted octanol–water partition coefficient (Wildman–Crippen LogP) is 4.48. The molecule has 0 saturated carbocycles. The van der Waals surface area contributed by atoms with Gasteiger partial charge in [-0.2, -0.15) is 13.2 Å². The smallest absolute Gasteiger partial charge is 0.416 e. The molecule has 0 fully saturated rings. The third kappa shape index (κ3) is 4.53. The van der Waals surface area contributed by atoms with Gasteiger partial charge in [-0.3, -0.25) is 0 Å². The van der Waals surface area contributed by atoms with Crippen molar-refractivity contribution >= 4 is 6.03 Å². The number of hydrogen-bond donors (Lipinski definition) is 2. The Labute approximate surface area is 138 Å². The summed E-state index contributed by atoms with van der Waals surface area (Å²) >= 11 is 0. The Kier molecular flexibility index (Phi) is 5.21. The normalized spacial score (nSPS) is 12.8. The number of furan rings is 1. The number of carbonyl (C=O) groups excluding carboxylic acids is 1. The van der Waals surface area contributed by atoms with Crippen molar-refractivity contribution in [3.63, 3.8) is 0 Å². The molecule has 0 aliphatic carbocycles. The highest BCUT2D eigenvalue weighted by atomic mass is 19.4. The second-order valence-corrected chi connectivity index (χ2v) is 5.62. The van der Waals surface area contributed by atoms with E-state index in [0.717, 1.165) is 29.2 Å². The monoisotopic (exact) mass is 340 g/mol. The van der Waals surface area contributed by atoms with Crippen LogP contribution in [0.25, 0.3) is 0 Å². The number of amides is 2. The number of alkyl halides is 3.